The van der Waals surface area contributed by atoms with Crippen molar-refractivity contribution in [3.8, 4) is 0 Å². The molecule has 3 amide bonds. The van der Waals surface area contributed by atoms with E-state index in [1.807, 2.05) is 13.8 Å². The van der Waals surface area contributed by atoms with E-state index < -0.39 is 6.04 Å². The fourth-order valence-corrected chi connectivity index (χ4v) is 2.98. The monoisotopic (exact) mass is 316 g/mol. The summed E-state index contributed by atoms with van der Waals surface area (Å²) in [5.41, 5.74) is 4.67. The number of urea groups is 1. The van der Waals surface area contributed by atoms with E-state index in [4.69, 9.17) is 0 Å². The minimum absolute atomic E-state index is 0.0810. The van der Waals surface area contributed by atoms with E-state index in [0.29, 0.717) is 6.54 Å². The van der Waals surface area contributed by atoms with Crippen molar-refractivity contribution < 1.29 is 9.59 Å². The Bertz CT molecular complexity index is 618. The first kappa shape index (κ1) is 17.5. The van der Waals surface area contributed by atoms with Gasteiger partial charge in [-0.2, -0.15) is 0 Å². The predicted molar refractivity (Wildman–Crippen MR) is 92.3 cm³/mol. The summed E-state index contributed by atoms with van der Waals surface area (Å²) < 4.78 is 0. The number of carbonyl (C=O) groups excluding carboxylic acids is 2. The van der Waals surface area contributed by atoms with E-state index in [1.54, 1.807) is 0 Å². The molecule has 4 heteroatoms. The highest BCUT2D eigenvalue weighted by Crippen LogP contribution is 2.28. The highest BCUT2D eigenvalue weighted by atomic mass is 16.2. The number of nitrogens with one attached hydrogen (secondary N) is 1. The Hall–Kier alpha value is -1.84. The van der Waals surface area contributed by atoms with Crippen LogP contribution in [0.2, 0.25) is 0 Å². The Morgan fingerprint density at radius 1 is 1.13 bits per heavy atom. The number of imide groups is 1. The van der Waals surface area contributed by atoms with Gasteiger partial charge in [-0.05, 0) is 47.4 Å². The van der Waals surface area contributed by atoms with Gasteiger partial charge in [0.2, 0.25) is 0 Å². The van der Waals surface area contributed by atoms with E-state index in [0.717, 1.165) is 16.7 Å². The van der Waals surface area contributed by atoms with Crippen LogP contribution in [0.15, 0.2) is 12.1 Å². The van der Waals surface area contributed by atoms with Crippen LogP contribution in [-0.4, -0.2) is 22.9 Å². The summed E-state index contributed by atoms with van der Waals surface area (Å²) >= 11 is 0. The molecule has 1 saturated heterocycles. The van der Waals surface area contributed by atoms with Gasteiger partial charge in [-0.15, -0.1) is 0 Å². The lowest BCUT2D eigenvalue weighted by atomic mass is 9.83. The summed E-state index contributed by atoms with van der Waals surface area (Å²) in [5, 5.41) is 2.79. The standard InChI is InChI=1S/C19H28N2O2/c1-11(2)16-17(22)21(18(23)20-16)10-15-12(3)8-14(9-13(15)4)19(5,6)7/h8-9,11,16H,10H2,1-7H3,(H,20,23)/t16-/m0/s1. The number of hydrogen-bond donors (Lipinski definition) is 1. The summed E-state index contributed by atoms with van der Waals surface area (Å²) in [6, 6.07) is 3.64. The second-order valence-electron chi connectivity index (χ2n) is 7.93. The van der Waals surface area contributed by atoms with Crippen LogP contribution < -0.4 is 5.32 Å². The van der Waals surface area contributed by atoms with Gasteiger partial charge in [-0.25, -0.2) is 4.79 Å². The molecule has 0 saturated carbocycles. The Morgan fingerprint density at radius 3 is 2.04 bits per heavy atom. The zero-order chi connectivity index (χ0) is 17.5. The second-order valence-corrected chi connectivity index (χ2v) is 7.93. The van der Waals surface area contributed by atoms with Gasteiger partial charge in [0.25, 0.3) is 5.91 Å². The molecule has 1 aromatic carbocycles. The molecule has 1 aliphatic heterocycles. The molecule has 126 valence electrons. The summed E-state index contributed by atoms with van der Waals surface area (Å²) in [5.74, 6) is -0.0226. The van der Waals surface area contributed by atoms with Crippen LogP contribution in [-0.2, 0) is 16.8 Å². The maximum atomic E-state index is 12.5. The lowest BCUT2D eigenvalue weighted by Gasteiger charge is -2.23. The van der Waals surface area contributed by atoms with Crippen molar-refractivity contribution >= 4 is 11.9 Å². The fraction of sp³-hybridized carbons (Fsp3) is 0.579. The molecule has 0 radical (unpaired) electrons. The number of hydrogen-bond acceptors (Lipinski definition) is 2. The van der Waals surface area contributed by atoms with Gasteiger partial charge in [0.1, 0.15) is 6.04 Å². The predicted octanol–water partition coefficient (Wildman–Crippen LogP) is 3.68. The normalized spacial score (nSPS) is 18.8. The van der Waals surface area contributed by atoms with Crippen molar-refractivity contribution in [2.45, 2.75) is 66.5 Å². The van der Waals surface area contributed by atoms with Crippen molar-refractivity contribution in [1.82, 2.24) is 10.2 Å². The molecule has 1 aliphatic rings. The first-order valence-electron chi connectivity index (χ1n) is 8.25. The molecule has 0 spiro atoms. The smallest absolute Gasteiger partial charge is 0.325 e. The van der Waals surface area contributed by atoms with Gasteiger partial charge in [0.15, 0.2) is 0 Å². The van der Waals surface area contributed by atoms with Crippen LogP contribution in [0.5, 0.6) is 0 Å². The fourth-order valence-electron chi connectivity index (χ4n) is 2.98. The van der Waals surface area contributed by atoms with E-state index in [-0.39, 0.29) is 23.3 Å². The van der Waals surface area contributed by atoms with Crippen molar-refractivity contribution in [1.29, 1.82) is 0 Å². The minimum atomic E-state index is -0.406. The van der Waals surface area contributed by atoms with Crippen molar-refractivity contribution in [2.75, 3.05) is 0 Å². The third-order valence-corrected chi connectivity index (χ3v) is 4.60. The largest absolute Gasteiger partial charge is 0.326 e. The molecular weight excluding hydrogens is 288 g/mol. The summed E-state index contributed by atoms with van der Waals surface area (Å²) in [6.07, 6.45) is 0. The Kier molecular flexibility index (Phi) is 4.56. The van der Waals surface area contributed by atoms with Crippen LogP contribution in [0.3, 0.4) is 0 Å². The molecule has 4 nitrogen and oxygen atoms in total. The zero-order valence-corrected chi connectivity index (χ0v) is 15.3. The summed E-state index contributed by atoms with van der Waals surface area (Å²) in [6.45, 7) is 14.9. The molecule has 1 N–H and O–H groups in total. The Balaban J connectivity index is 2.31. The number of benzene rings is 1. The SMILES string of the molecule is Cc1cc(C(C)(C)C)cc(C)c1CN1C(=O)N[C@@H](C(C)C)C1=O. The van der Waals surface area contributed by atoms with Crippen molar-refractivity contribution in [3.05, 3.63) is 34.4 Å². The van der Waals surface area contributed by atoms with Gasteiger partial charge in [-0.1, -0.05) is 46.8 Å². The highest BCUT2D eigenvalue weighted by molar-refractivity contribution is 6.04. The molecule has 1 heterocycles. The molecule has 1 atom stereocenters. The number of aryl methyl sites for hydroxylation is 2. The quantitative estimate of drug-likeness (QED) is 0.865. The first-order chi connectivity index (χ1) is 10.5. The maximum Gasteiger partial charge on any atom is 0.325 e. The summed E-state index contributed by atoms with van der Waals surface area (Å²) in [7, 11) is 0. The molecule has 0 bridgehead atoms. The molecule has 0 aliphatic carbocycles. The van der Waals surface area contributed by atoms with Crippen molar-refractivity contribution in [2.24, 2.45) is 5.92 Å². The van der Waals surface area contributed by atoms with Gasteiger partial charge in [0, 0.05) is 0 Å². The molecule has 0 aromatic heterocycles. The number of nitrogens with zero attached hydrogens (tertiary/aromatic N) is 1. The van der Waals surface area contributed by atoms with E-state index >= 15 is 0 Å². The van der Waals surface area contributed by atoms with Crippen LogP contribution >= 0.6 is 0 Å². The lowest BCUT2D eigenvalue weighted by molar-refractivity contribution is -0.128. The molecule has 0 unspecified atom stereocenters. The zero-order valence-electron chi connectivity index (χ0n) is 15.3. The van der Waals surface area contributed by atoms with E-state index in [1.165, 1.54) is 10.5 Å². The molecule has 23 heavy (non-hydrogen) atoms. The summed E-state index contributed by atoms with van der Waals surface area (Å²) in [4.78, 5) is 25.9. The van der Waals surface area contributed by atoms with Crippen LogP contribution in [0.1, 0.15) is 56.9 Å². The first-order valence-corrected chi connectivity index (χ1v) is 8.25. The van der Waals surface area contributed by atoms with Gasteiger partial charge < -0.3 is 5.32 Å². The van der Waals surface area contributed by atoms with Gasteiger partial charge in [-0.3, -0.25) is 9.69 Å². The third-order valence-electron chi connectivity index (χ3n) is 4.60. The van der Waals surface area contributed by atoms with Gasteiger partial charge in [0.05, 0.1) is 6.54 Å². The number of amides is 3. The number of carbonyl (C=O) groups is 2. The van der Waals surface area contributed by atoms with E-state index in [9.17, 15) is 9.59 Å². The Labute approximate surface area is 139 Å². The third kappa shape index (κ3) is 3.41. The van der Waals surface area contributed by atoms with E-state index in [2.05, 4.69) is 52.1 Å². The topological polar surface area (TPSA) is 49.4 Å². The molecular formula is C19H28N2O2. The molecule has 1 fully saturated rings. The molecule has 2 rings (SSSR count). The average Bonchev–Trinajstić information content (AvgIpc) is 2.68. The van der Waals surface area contributed by atoms with Crippen molar-refractivity contribution in [3.63, 3.8) is 0 Å². The van der Waals surface area contributed by atoms with Crippen LogP contribution in [0, 0.1) is 19.8 Å². The molecule has 1 aromatic rings. The maximum absolute atomic E-state index is 12.5. The van der Waals surface area contributed by atoms with Gasteiger partial charge >= 0.3 is 6.03 Å². The second kappa shape index (κ2) is 5.99. The Morgan fingerprint density at radius 2 is 1.65 bits per heavy atom. The average molecular weight is 316 g/mol. The lowest BCUT2D eigenvalue weighted by Crippen LogP contribution is -2.34. The number of rotatable bonds is 3. The van der Waals surface area contributed by atoms with Crippen LogP contribution in [0.25, 0.3) is 0 Å². The minimum Gasteiger partial charge on any atom is -0.326 e. The highest BCUT2D eigenvalue weighted by Gasteiger charge is 2.39. The van der Waals surface area contributed by atoms with Crippen LogP contribution in [0.4, 0.5) is 4.79 Å².